The van der Waals surface area contributed by atoms with Crippen LogP contribution in [0.25, 0.3) is 4.96 Å². The molecule has 0 aliphatic carbocycles. The highest BCUT2D eigenvalue weighted by molar-refractivity contribution is 7.89. The molecule has 8 heteroatoms. The first kappa shape index (κ1) is 15.6. The normalized spacial score (nSPS) is 16.8. The molecule has 3 heterocycles. The van der Waals surface area contributed by atoms with Crippen LogP contribution in [0.2, 0.25) is 0 Å². The molecule has 0 atom stereocenters. The zero-order valence-corrected chi connectivity index (χ0v) is 14.9. The number of rotatable bonds is 3. The van der Waals surface area contributed by atoms with Crippen molar-refractivity contribution in [3.8, 4) is 0 Å². The number of aryl methyl sites for hydroxylation is 1. The van der Waals surface area contributed by atoms with Crippen molar-refractivity contribution in [3.63, 3.8) is 0 Å². The molecule has 1 aromatic carbocycles. The summed E-state index contributed by atoms with van der Waals surface area (Å²) >= 11 is 1.44. The zero-order chi connectivity index (χ0) is 16.7. The lowest BCUT2D eigenvalue weighted by molar-refractivity contribution is 0.383. The second kappa shape index (κ2) is 5.87. The largest absolute Gasteiger partial charge is 0.369 e. The Morgan fingerprint density at radius 1 is 1.08 bits per heavy atom. The van der Waals surface area contributed by atoms with E-state index < -0.39 is 10.0 Å². The van der Waals surface area contributed by atoms with Gasteiger partial charge in [0.1, 0.15) is 0 Å². The van der Waals surface area contributed by atoms with E-state index in [1.807, 2.05) is 23.6 Å². The average molecular weight is 362 g/mol. The number of piperazine rings is 1. The van der Waals surface area contributed by atoms with E-state index in [0.717, 1.165) is 5.69 Å². The van der Waals surface area contributed by atoms with Crippen molar-refractivity contribution in [1.82, 2.24) is 13.7 Å². The minimum absolute atomic E-state index is 0.298. The number of anilines is 1. The first-order valence-corrected chi connectivity index (χ1v) is 10.1. The van der Waals surface area contributed by atoms with E-state index in [-0.39, 0.29) is 0 Å². The van der Waals surface area contributed by atoms with E-state index in [9.17, 15) is 8.42 Å². The molecule has 3 aromatic rings. The molecule has 0 amide bonds. The molecule has 0 unspecified atom stereocenters. The van der Waals surface area contributed by atoms with Crippen molar-refractivity contribution < 1.29 is 8.42 Å². The fourth-order valence-electron chi connectivity index (χ4n) is 3.13. The van der Waals surface area contributed by atoms with Crippen LogP contribution in [0.5, 0.6) is 0 Å². The number of imidazole rings is 1. The molecule has 0 radical (unpaired) electrons. The average Bonchev–Trinajstić information content (AvgIpc) is 3.15. The van der Waals surface area contributed by atoms with Gasteiger partial charge in [0.2, 0.25) is 0 Å². The Bertz CT molecular complexity index is 955. The maximum absolute atomic E-state index is 13.1. The van der Waals surface area contributed by atoms with Crippen LogP contribution in [0.1, 0.15) is 5.69 Å². The van der Waals surface area contributed by atoms with Crippen molar-refractivity contribution in [2.24, 2.45) is 0 Å². The Balaban J connectivity index is 1.59. The summed E-state index contributed by atoms with van der Waals surface area (Å²) in [7, 11) is -3.54. The van der Waals surface area contributed by atoms with Gasteiger partial charge >= 0.3 is 0 Å². The molecule has 126 valence electrons. The summed E-state index contributed by atoms with van der Waals surface area (Å²) in [5.74, 6) is 0. The van der Waals surface area contributed by atoms with E-state index >= 15 is 0 Å². The van der Waals surface area contributed by atoms with Gasteiger partial charge in [0.05, 0.1) is 5.69 Å². The summed E-state index contributed by atoms with van der Waals surface area (Å²) in [6, 6.07) is 10.1. The third-order valence-corrected chi connectivity index (χ3v) is 7.11. The lowest BCUT2D eigenvalue weighted by atomic mass is 10.2. The van der Waals surface area contributed by atoms with Gasteiger partial charge in [0.15, 0.2) is 9.99 Å². The lowest BCUT2D eigenvalue weighted by Crippen LogP contribution is -2.49. The summed E-state index contributed by atoms with van der Waals surface area (Å²) in [5.41, 5.74) is 1.70. The Morgan fingerprint density at radius 3 is 2.50 bits per heavy atom. The number of sulfonamides is 1. The fourth-order valence-corrected chi connectivity index (χ4v) is 5.65. The van der Waals surface area contributed by atoms with Crippen LogP contribution in [0.15, 0.2) is 46.9 Å². The molecule has 0 saturated carbocycles. The highest BCUT2D eigenvalue weighted by atomic mass is 32.2. The number of aromatic nitrogens is 2. The molecule has 1 aliphatic rings. The molecule has 24 heavy (non-hydrogen) atoms. The number of fused-ring (bicyclic) bond motifs is 1. The van der Waals surface area contributed by atoms with Crippen LogP contribution >= 0.6 is 11.3 Å². The Morgan fingerprint density at radius 2 is 1.79 bits per heavy atom. The van der Waals surface area contributed by atoms with E-state index in [4.69, 9.17) is 0 Å². The molecule has 1 fully saturated rings. The van der Waals surface area contributed by atoms with Crippen molar-refractivity contribution >= 4 is 32.0 Å². The van der Waals surface area contributed by atoms with Crippen molar-refractivity contribution in [3.05, 3.63) is 47.6 Å². The molecule has 4 rings (SSSR count). The Hall–Kier alpha value is -1.90. The number of para-hydroxylation sites is 1. The van der Waals surface area contributed by atoms with Crippen LogP contribution in [0.3, 0.4) is 0 Å². The maximum atomic E-state index is 13.1. The minimum atomic E-state index is -3.54. The first-order chi connectivity index (χ1) is 11.6. The summed E-state index contributed by atoms with van der Waals surface area (Å²) in [5, 5.41) is 2.15. The third kappa shape index (κ3) is 2.51. The van der Waals surface area contributed by atoms with Crippen LogP contribution < -0.4 is 4.90 Å². The van der Waals surface area contributed by atoms with Gasteiger partial charge in [-0.2, -0.15) is 4.31 Å². The molecule has 2 aromatic heterocycles. The molecular formula is C16H18N4O2S2. The lowest BCUT2D eigenvalue weighted by Gasteiger charge is -2.35. The van der Waals surface area contributed by atoms with Gasteiger partial charge in [0, 0.05) is 43.4 Å². The number of hydrogen-bond acceptors (Lipinski definition) is 5. The summed E-state index contributed by atoms with van der Waals surface area (Å²) < 4.78 is 29.4. The van der Waals surface area contributed by atoms with Crippen LogP contribution in [-0.4, -0.2) is 48.3 Å². The van der Waals surface area contributed by atoms with Gasteiger partial charge in [-0.15, -0.1) is 11.3 Å². The molecular weight excluding hydrogens is 344 g/mol. The maximum Gasteiger partial charge on any atom is 0.261 e. The summed E-state index contributed by atoms with van der Waals surface area (Å²) in [6.45, 7) is 4.09. The number of nitrogens with zero attached hydrogens (tertiary/aromatic N) is 4. The van der Waals surface area contributed by atoms with Gasteiger partial charge < -0.3 is 4.90 Å². The fraction of sp³-hybridized carbons (Fsp3) is 0.312. The molecule has 0 N–H and O–H groups in total. The highest BCUT2D eigenvalue weighted by Crippen LogP contribution is 2.25. The smallest absolute Gasteiger partial charge is 0.261 e. The topological polar surface area (TPSA) is 57.9 Å². The van der Waals surface area contributed by atoms with Crippen LogP contribution in [0.4, 0.5) is 5.69 Å². The summed E-state index contributed by atoms with van der Waals surface area (Å²) in [6.07, 6.45) is 1.77. The van der Waals surface area contributed by atoms with E-state index in [0.29, 0.717) is 41.9 Å². The minimum Gasteiger partial charge on any atom is -0.369 e. The van der Waals surface area contributed by atoms with Gasteiger partial charge in [-0.3, -0.25) is 4.40 Å². The van der Waals surface area contributed by atoms with Gasteiger partial charge in [-0.1, -0.05) is 18.2 Å². The quantitative estimate of drug-likeness (QED) is 0.717. The van der Waals surface area contributed by atoms with Crippen molar-refractivity contribution in [2.75, 3.05) is 31.1 Å². The number of thiazole rings is 1. The third-order valence-electron chi connectivity index (χ3n) is 4.33. The van der Waals surface area contributed by atoms with Crippen molar-refractivity contribution in [1.29, 1.82) is 0 Å². The number of benzene rings is 1. The molecule has 1 aliphatic heterocycles. The molecule has 1 saturated heterocycles. The van der Waals surface area contributed by atoms with Gasteiger partial charge in [-0.05, 0) is 19.1 Å². The van der Waals surface area contributed by atoms with Gasteiger partial charge in [0.25, 0.3) is 10.0 Å². The highest BCUT2D eigenvalue weighted by Gasteiger charge is 2.32. The van der Waals surface area contributed by atoms with E-state index in [2.05, 4.69) is 22.0 Å². The number of hydrogen-bond donors (Lipinski definition) is 0. The summed E-state index contributed by atoms with van der Waals surface area (Å²) in [4.78, 5) is 7.30. The predicted octanol–water partition coefficient (Wildman–Crippen LogP) is 2.22. The van der Waals surface area contributed by atoms with Crippen LogP contribution in [0, 0.1) is 6.92 Å². The molecule has 0 bridgehead atoms. The Kier molecular flexibility index (Phi) is 3.82. The van der Waals surface area contributed by atoms with E-state index in [1.165, 1.54) is 11.3 Å². The first-order valence-electron chi connectivity index (χ1n) is 7.80. The van der Waals surface area contributed by atoms with E-state index in [1.54, 1.807) is 21.8 Å². The SMILES string of the molecule is Cc1nc2sccn2c1S(=O)(=O)N1CCN(c2ccccc2)CC1. The van der Waals surface area contributed by atoms with Crippen molar-refractivity contribution in [2.45, 2.75) is 11.9 Å². The molecule has 6 nitrogen and oxygen atoms in total. The second-order valence-corrected chi connectivity index (χ2v) is 8.51. The van der Waals surface area contributed by atoms with Crippen LogP contribution in [-0.2, 0) is 10.0 Å². The molecule has 0 spiro atoms. The zero-order valence-electron chi connectivity index (χ0n) is 13.3. The standard InChI is InChI=1S/C16H18N4O2S2/c1-13-15(20-11-12-23-16(20)17-13)24(21,22)19-9-7-18(8-10-19)14-5-3-2-4-6-14/h2-6,11-12H,7-10H2,1H3. The predicted molar refractivity (Wildman–Crippen MR) is 95.2 cm³/mol. The second-order valence-electron chi connectivity index (χ2n) is 5.78. The monoisotopic (exact) mass is 362 g/mol. The van der Waals surface area contributed by atoms with Gasteiger partial charge in [-0.25, -0.2) is 13.4 Å². The Labute approximate surface area is 145 Å².